The number of anilines is 1. The Bertz CT molecular complexity index is 539. The van der Waals surface area contributed by atoms with Gasteiger partial charge in [0.2, 0.25) is 0 Å². The van der Waals surface area contributed by atoms with Gasteiger partial charge in [-0.25, -0.2) is 0 Å². The Hall–Kier alpha value is -1.76. The van der Waals surface area contributed by atoms with Gasteiger partial charge in [-0.2, -0.15) is 0 Å². The molecule has 1 aliphatic rings. The first-order valence-electron chi connectivity index (χ1n) is 6.27. The number of hydrogen-bond donors (Lipinski definition) is 0. The van der Waals surface area contributed by atoms with Crippen molar-refractivity contribution in [1.82, 2.24) is 0 Å². The topological polar surface area (TPSA) is 3.24 Å². The molecule has 86 valence electrons. The van der Waals surface area contributed by atoms with E-state index in [1.165, 1.54) is 29.3 Å². The molecule has 2 aromatic carbocycles. The molecule has 0 N–H and O–H groups in total. The van der Waals surface area contributed by atoms with Gasteiger partial charge in [-0.15, -0.1) is 6.58 Å². The second-order valence-electron chi connectivity index (χ2n) is 4.64. The number of fused-ring (bicyclic) bond motifs is 1. The minimum absolute atomic E-state index is 0.501. The summed E-state index contributed by atoms with van der Waals surface area (Å²) in [4.78, 5) is 2.48. The lowest BCUT2D eigenvalue weighted by molar-refractivity contribution is 0.809. The standard InChI is InChI=1S/C16H17N/c1-2-14-9-6-12-17(14)16-11-5-8-13-7-3-4-10-15(13)16/h2-5,7-8,10-11,14H,1,6,9,12H2. The predicted octanol–water partition coefficient (Wildman–Crippen LogP) is 3.99. The predicted molar refractivity (Wildman–Crippen MR) is 74.5 cm³/mol. The lowest BCUT2D eigenvalue weighted by Crippen LogP contribution is -2.27. The minimum atomic E-state index is 0.501. The van der Waals surface area contributed by atoms with Crippen molar-refractivity contribution in [3.8, 4) is 0 Å². The molecule has 0 radical (unpaired) electrons. The van der Waals surface area contributed by atoms with Crippen LogP contribution in [0.5, 0.6) is 0 Å². The van der Waals surface area contributed by atoms with Crippen LogP contribution in [-0.2, 0) is 0 Å². The molecule has 0 aliphatic carbocycles. The van der Waals surface area contributed by atoms with E-state index >= 15 is 0 Å². The molecule has 0 amide bonds. The van der Waals surface area contributed by atoms with Crippen LogP contribution in [0.1, 0.15) is 12.8 Å². The number of nitrogens with zero attached hydrogens (tertiary/aromatic N) is 1. The fraction of sp³-hybridized carbons (Fsp3) is 0.250. The average molecular weight is 223 g/mol. The zero-order chi connectivity index (χ0) is 11.7. The van der Waals surface area contributed by atoms with Crippen LogP contribution in [0.3, 0.4) is 0 Å². The number of rotatable bonds is 2. The summed E-state index contributed by atoms with van der Waals surface area (Å²) >= 11 is 0. The molecule has 17 heavy (non-hydrogen) atoms. The molecule has 1 heteroatoms. The van der Waals surface area contributed by atoms with Gasteiger partial charge in [-0.3, -0.25) is 0 Å². The van der Waals surface area contributed by atoms with Gasteiger partial charge in [0.15, 0.2) is 0 Å². The molecule has 1 aliphatic heterocycles. The molecule has 2 aromatic rings. The van der Waals surface area contributed by atoms with Crippen LogP contribution in [0.4, 0.5) is 5.69 Å². The maximum Gasteiger partial charge on any atom is 0.0471 e. The van der Waals surface area contributed by atoms with Crippen LogP contribution >= 0.6 is 0 Å². The molecule has 1 unspecified atom stereocenters. The zero-order valence-electron chi connectivity index (χ0n) is 9.97. The highest BCUT2D eigenvalue weighted by Gasteiger charge is 2.22. The van der Waals surface area contributed by atoms with Crippen LogP contribution < -0.4 is 4.90 Å². The number of benzene rings is 2. The molecule has 1 fully saturated rings. The van der Waals surface area contributed by atoms with E-state index in [1.807, 2.05) is 0 Å². The van der Waals surface area contributed by atoms with Gasteiger partial charge in [-0.1, -0.05) is 42.5 Å². The summed E-state index contributed by atoms with van der Waals surface area (Å²) in [6, 6.07) is 15.7. The molecule has 0 spiro atoms. The van der Waals surface area contributed by atoms with Crippen molar-refractivity contribution in [2.24, 2.45) is 0 Å². The van der Waals surface area contributed by atoms with Gasteiger partial charge in [0.25, 0.3) is 0 Å². The molecule has 1 nitrogen and oxygen atoms in total. The molecular weight excluding hydrogens is 206 g/mol. The second-order valence-corrected chi connectivity index (χ2v) is 4.64. The van der Waals surface area contributed by atoms with Crippen LogP contribution in [0, 0.1) is 0 Å². The molecule has 1 atom stereocenters. The Morgan fingerprint density at radius 3 is 2.82 bits per heavy atom. The molecule has 0 saturated carbocycles. The summed E-state index contributed by atoms with van der Waals surface area (Å²) in [6.07, 6.45) is 4.57. The van der Waals surface area contributed by atoms with Crippen LogP contribution in [-0.4, -0.2) is 12.6 Å². The van der Waals surface area contributed by atoms with E-state index in [2.05, 4.69) is 60.0 Å². The van der Waals surface area contributed by atoms with E-state index in [0.717, 1.165) is 6.54 Å². The quantitative estimate of drug-likeness (QED) is 0.696. The van der Waals surface area contributed by atoms with Crippen molar-refractivity contribution >= 4 is 16.5 Å². The Balaban J connectivity index is 2.13. The Morgan fingerprint density at radius 1 is 1.12 bits per heavy atom. The lowest BCUT2D eigenvalue weighted by Gasteiger charge is -2.25. The van der Waals surface area contributed by atoms with Crippen molar-refractivity contribution in [3.63, 3.8) is 0 Å². The molecule has 0 bridgehead atoms. The summed E-state index contributed by atoms with van der Waals surface area (Å²) in [7, 11) is 0. The third-order valence-corrected chi connectivity index (χ3v) is 3.65. The summed E-state index contributed by atoms with van der Waals surface area (Å²) < 4.78 is 0. The van der Waals surface area contributed by atoms with Crippen molar-refractivity contribution in [2.45, 2.75) is 18.9 Å². The fourth-order valence-electron chi connectivity index (χ4n) is 2.80. The van der Waals surface area contributed by atoms with Crippen molar-refractivity contribution in [2.75, 3.05) is 11.4 Å². The summed E-state index contributed by atoms with van der Waals surface area (Å²) in [5.74, 6) is 0. The largest absolute Gasteiger partial charge is 0.365 e. The van der Waals surface area contributed by atoms with E-state index in [4.69, 9.17) is 0 Å². The molecular formula is C16H17N. The first-order chi connectivity index (χ1) is 8.40. The number of hydrogen-bond acceptors (Lipinski definition) is 1. The summed E-state index contributed by atoms with van der Waals surface area (Å²) in [5, 5.41) is 2.67. The van der Waals surface area contributed by atoms with E-state index in [0.29, 0.717) is 6.04 Å². The van der Waals surface area contributed by atoms with Gasteiger partial charge in [0.05, 0.1) is 0 Å². The summed E-state index contributed by atoms with van der Waals surface area (Å²) in [5.41, 5.74) is 1.35. The van der Waals surface area contributed by atoms with Gasteiger partial charge in [-0.05, 0) is 24.3 Å². The Morgan fingerprint density at radius 2 is 1.94 bits per heavy atom. The van der Waals surface area contributed by atoms with Crippen LogP contribution in [0.2, 0.25) is 0 Å². The first kappa shape index (κ1) is 10.4. The van der Waals surface area contributed by atoms with Crippen molar-refractivity contribution < 1.29 is 0 Å². The normalized spacial score (nSPS) is 19.8. The molecule has 1 saturated heterocycles. The highest BCUT2D eigenvalue weighted by atomic mass is 15.2. The van der Waals surface area contributed by atoms with Gasteiger partial charge >= 0.3 is 0 Å². The maximum absolute atomic E-state index is 3.96. The van der Waals surface area contributed by atoms with Crippen molar-refractivity contribution in [3.05, 3.63) is 55.1 Å². The van der Waals surface area contributed by atoms with Gasteiger partial charge < -0.3 is 4.90 Å². The third-order valence-electron chi connectivity index (χ3n) is 3.65. The van der Waals surface area contributed by atoms with E-state index in [-0.39, 0.29) is 0 Å². The monoisotopic (exact) mass is 223 g/mol. The first-order valence-corrected chi connectivity index (χ1v) is 6.27. The lowest BCUT2D eigenvalue weighted by atomic mass is 10.1. The SMILES string of the molecule is C=CC1CCCN1c1cccc2ccccc12. The maximum atomic E-state index is 3.96. The van der Waals surface area contributed by atoms with Crippen LogP contribution in [0.15, 0.2) is 55.1 Å². The molecule has 3 rings (SSSR count). The van der Waals surface area contributed by atoms with E-state index < -0.39 is 0 Å². The summed E-state index contributed by atoms with van der Waals surface area (Å²) in [6.45, 7) is 5.10. The van der Waals surface area contributed by atoms with Crippen molar-refractivity contribution in [1.29, 1.82) is 0 Å². The van der Waals surface area contributed by atoms with E-state index in [1.54, 1.807) is 0 Å². The smallest absolute Gasteiger partial charge is 0.0471 e. The zero-order valence-corrected chi connectivity index (χ0v) is 9.97. The Kier molecular flexibility index (Phi) is 2.60. The average Bonchev–Trinajstić information content (AvgIpc) is 2.86. The highest BCUT2D eigenvalue weighted by Crippen LogP contribution is 2.32. The van der Waals surface area contributed by atoms with E-state index in [9.17, 15) is 0 Å². The molecule has 1 heterocycles. The molecule has 0 aromatic heterocycles. The minimum Gasteiger partial charge on any atom is -0.365 e. The second kappa shape index (κ2) is 4.25. The van der Waals surface area contributed by atoms with Crippen LogP contribution in [0.25, 0.3) is 10.8 Å². The van der Waals surface area contributed by atoms with Gasteiger partial charge in [0, 0.05) is 23.7 Å². The van der Waals surface area contributed by atoms with Gasteiger partial charge in [0.1, 0.15) is 0 Å². The fourth-order valence-corrected chi connectivity index (χ4v) is 2.80. The third kappa shape index (κ3) is 1.72. The Labute approximate surface area is 102 Å². The highest BCUT2D eigenvalue weighted by molar-refractivity contribution is 5.94.